The van der Waals surface area contributed by atoms with Crippen molar-refractivity contribution in [3.63, 3.8) is 0 Å². The molecule has 0 aromatic heterocycles. The standard InChI is InChI=1S/C6H5.3C4H9.Pb/c1-2-4-6-5-3-1;3*1-3-4-2;/h1-5H;3*1,3-4H2,2H3;. The Morgan fingerprint density at radius 2 is 1.11 bits per heavy atom. The van der Waals surface area contributed by atoms with Crippen molar-refractivity contribution in [2.24, 2.45) is 0 Å². The predicted octanol–water partition coefficient (Wildman–Crippen LogP) is 5.74. The number of hydrogen-bond acceptors (Lipinski definition) is 0. The first-order valence-corrected chi connectivity index (χ1v) is 18.5. The van der Waals surface area contributed by atoms with E-state index in [0.717, 1.165) is 0 Å². The molecule has 0 saturated heterocycles. The van der Waals surface area contributed by atoms with Gasteiger partial charge in [-0.3, -0.25) is 0 Å². The summed E-state index contributed by atoms with van der Waals surface area (Å²) in [5.41, 5.74) is 0. The van der Waals surface area contributed by atoms with E-state index >= 15 is 0 Å². The zero-order chi connectivity index (χ0) is 14.0. The number of unbranched alkanes of at least 4 members (excludes halogenated alkanes) is 3. The van der Waals surface area contributed by atoms with E-state index < -0.39 is 21.2 Å². The van der Waals surface area contributed by atoms with Crippen LogP contribution in [0.2, 0.25) is 11.9 Å². The van der Waals surface area contributed by atoms with Crippen molar-refractivity contribution in [3.8, 4) is 0 Å². The SMILES string of the molecule is CCC[CH2][Pb]([CH2]CCC)([CH2]CCC)[c]1ccccc1. The molecule has 0 aliphatic carbocycles. The minimum atomic E-state index is -2.24. The Hall–Kier alpha value is 0.142. The molecule has 1 aromatic carbocycles. The molecule has 19 heavy (non-hydrogen) atoms. The van der Waals surface area contributed by atoms with E-state index in [1.54, 1.807) is 11.9 Å². The van der Waals surface area contributed by atoms with Gasteiger partial charge in [-0.1, -0.05) is 0 Å². The molecule has 0 bridgehead atoms. The van der Waals surface area contributed by atoms with Gasteiger partial charge >= 0.3 is 126 Å². The first-order valence-electron chi connectivity index (χ1n) is 8.34. The van der Waals surface area contributed by atoms with Gasteiger partial charge in [-0.25, -0.2) is 0 Å². The van der Waals surface area contributed by atoms with Gasteiger partial charge in [-0.05, 0) is 0 Å². The summed E-state index contributed by atoms with van der Waals surface area (Å²) in [7, 11) is 0. The van der Waals surface area contributed by atoms with Gasteiger partial charge in [0.05, 0.1) is 0 Å². The third-order valence-corrected chi connectivity index (χ3v) is 25.8. The molecule has 0 amide bonds. The van der Waals surface area contributed by atoms with Crippen LogP contribution in [0.3, 0.4) is 0 Å². The second-order valence-electron chi connectivity index (χ2n) is 5.96. The third-order valence-electron chi connectivity index (χ3n) is 4.41. The molecule has 1 rings (SSSR count). The molecule has 0 unspecified atom stereocenters. The molecule has 0 atom stereocenters. The van der Waals surface area contributed by atoms with Crippen LogP contribution >= 0.6 is 0 Å². The van der Waals surface area contributed by atoms with Gasteiger partial charge in [0.25, 0.3) is 0 Å². The van der Waals surface area contributed by atoms with Gasteiger partial charge in [0.15, 0.2) is 0 Å². The Kier molecular flexibility index (Phi) is 9.01. The van der Waals surface area contributed by atoms with Gasteiger partial charge < -0.3 is 0 Å². The van der Waals surface area contributed by atoms with Crippen LogP contribution in [0.15, 0.2) is 30.3 Å². The Morgan fingerprint density at radius 1 is 0.684 bits per heavy atom. The van der Waals surface area contributed by atoms with Crippen LogP contribution in [-0.2, 0) is 0 Å². The number of benzene rings is 1. The topological polar surface area (TPSA) is 0 Å². The zero-order valence-corrected chi connectivity index (χ0v) is 17.1. The van der Waals surface area contributed by atoms with Gasteiger partial charge in [-0.2, -0.15) is 0 Å². The first-order chi connectivity index (χ1) is 9.29. The molecular weight excluding hydrogens is 423 g/mol. The van der Waals surface area contributed by atoms with Crippen LogP contribution in [0, 0.1) is 0 Å². The van der Waals surface area contributed by atoms with Crippen molar-refractivity contribution in [2.75, 3.05) is 0 Å². The van der Waals surface area contributed by atoms with Crippen molar-refractivity contribution >= 4 is 24.3 Å². The van der Waals surface area contributed by atoms with E-state index in [0.29, 0.717) is 0 Å². The summed E-state index contributed by atoms with van der Waals surface area (Å²) in [6.07, 6.45) is 8.49. The second-order valence-corrected chi connectivity index (χ2v) is 24.0. The fraction of sp³-hybridized carbons (Fsp3) is 0.667. The van der Waals surface area contributed by atoms with E-state index in [1.807, 2.05) is 3.12 Å². The molecule has 1 heteroatoms. The third kappa shape index (κ3) is 5.57. The average molecular weight is 456 g/mol. The van der Waals surface area contributed by atoms with Crippen molar-refractivity contribution < 1.29 is 0 Å². The summed E-state index contributed by atoms with van der Waals surface area (Å²) in [4.78, 5) is 0. The summed E-state index contributed by atoms with van der Waals surface area (Å²) in [5.74, 6) is 0. The van der Waals surface area contributed by atoms with Crippen molar-refractivity contribution in [2.45, 2.75) is 71.2 Å². The molecule has 1 aromatic rings. The maximum absolute atomic E-state index is 2.46. The number of rotatable bonds is 10. The van der Waals surface area contributed by atoms with Crippen LogP contribution in [-0.4, -0.2) is 21.2 Å². The molecule has 0 radical (unpaired) electrons. The fourth-order valence-corrected chi connectivity index (χ4v) is 24.9. The molecule has 0 fully saturated rings. The van der Waals surface area contributed by atoms with E-state index in [2.05, 4.69) is 51.1 Å². The molecule has 0 heterocycles. The van der Waals surface area contributed by atoms with Crippen molar-refractivity contribution in [1.82, 2.24) is 0 Å². The van der Waals surface area contributed by atoms with E-state index in [4.69, 9.17) is 0 Å². The predicted molar refractivity (Wildman–Crippen MR) is 91.0 cm³/mol. The molecule has 0 saturated carbocycles. The summed E-state index contributed by atoms with van der Waals surface area (Å²) in [6.45, 7) is 7.05. The molecule has 0 aliphatic rings. The molecule has 0 N–H and O–H groups in total. The van der Waals surface area contributed by atoms with E-state index in [-0.39, 0.29) is 0 Å². The summed E-state index contributed by atoms with van der Waals surface area (Å²) in [6, 6.07) is 11.6. The second kappa shape index (κ2) is 9.95. The zero-order valence-electron chi connectivity index (χ0n) is 13.3. The molecule has 0 nitrogen and oxygen atoms in total. The van der Waals surface area contributed by atoms with Crippen LogP contribution in [0.1, 0.15) is 59.3 Å². The van der Waals surface area contributed by atoms with Crippen molar-refractivity contribution in [1.29, 1.82) is 0 Å². The molecule has 0 spiro atoms. The normalized spacial score (nSPS) is 11.7. The minimum absolute atomic E-state index is 1.37. The Bertz CT molecular complexity index is 296. The van der Waals surface area contributed by atoms with E-state index in [9.17, 15) is 0 Å². The monoisotopic (exact) mass is 456 g/mol. The quantitative estimate of drug-likeness (QED) is 0.395. The molecular formula is C18H32Pb. The first kappa shape index (κ1) is 17.2. The summed E-state index contributed by atoms with van der Waals surface area (Å²) >= 11 is -2.24. The fourth-order valence-electron chi connectivity index (χ4n) is 3.15. The van der Waals surface area contributed by atoms with Gasteiger partial charge in [0.1, 0.15) is 0 Å². The summed E-state index contributed by atoms with van der Waals surface area (Å²) < 4.78 is 6.58. The van der Waals surface area contributed by atoms with Crippen molar-refractivity contribution in [3.05, 3.63) is 30.3 Å². The molecule has 0 aliphatic heterocycles. The van der Waals surface area contributed by atoms with Gasteiger partial charge in [0.2, 0.25) is 0 Å². The van der Waals surface area contributed by atoms with E-state index in [1.165, 1.54) is 38.5 Å². The van der Waals surface area contributed by atoms with Crippen LogP contribution in [0.5, 0.6) is 0 Å². The van der Waals surface area contributed by atoms with Gasteiger partial charge in [-0.15, -0.1) is 0 Å². The van der Waals surface area contributed by atoms with Crippen LogP contribution < -0.4 is 3.12 Å². The Labute approximate surface area is 125 Å². The summed E-state index contributed by atoms with van der Waals surface area (Å²) in [5, 5.41) is 0. The van der Waals surface area contributed by atoms with Crippen LogP contribution in [0.25, 0.3) is 0 Å². The maximum atomic E-state index is 2.46. The average Bonchev–Trinajstić information content (AvgIpc) is 2.48. The van der Waals surface area contributed by atoms with Crippen LogP contribution in [0.4, 0.5) is 0 Å². The Morgan fingerprint density at radius 3 is 1.47 bits per heavy atom. The Balaban J connectivity index is 2.94. The molecule has 108 valence electrons. The number of hydrogen-bond donors (Lipinski definition) is 0. The van der Waals surface area contributed by atoms with Gasteiger partial charge in [0, 0.05) is 0 Å².